The number of likely N-dealkylation sites (tertiary alicyclic amines) is 1. The van der Waals surface area contributed by atoms with Gasteiger partial charge >= 0.3 is 0 Å². The second kappa shape index (κ2) is 5.09. The highest BCUT2D eigenvalue weighted by Gasteiger charge is 2.29. The van der Waals surface area contributed by atoms with Crippen LogP contribution in [0.4, 0.5) is 5.69 Å². The molecule has 2 heterocycles. The number of hydrogen-bond donors (Lipinski definition) is 0. The number of nitrogens with zero attached hydrogens (tertiary/aromatic N) is 2. The van der Waals surface area contributed by atoms with Crippen LogP contribution in [0.1, 0.15) is 32.1 Å². The van der Waals surface area contributed by atoms with Crippen molar-refractivity contribution >= 4 is 5.69 Å². The Bertz CT molecular complexity index is 343. The molecule has 0 saturated carbocycles. The molecule has 2 nitrogen and oxygen atoms in total. The summed E-state index contributed by atoms with van der Waals surface area (Å²) in [6.45, 7) is 3.77. The van der Waals surface area contributed by atoms with Crippen LogP contribution >= 0.6 is 0 Å². The predicted octanol–water partition coefficient (Wildman–Crippen LogP) is 2.90. The molecule has 91 valence electrons. The Morgan fingerprint density at radius 3 is 2.59 bits per heavy atom. The molecule has 3 rings (SSSR count). The van der Waals surface area contributed by atoms with E-state index in [4.69, 9.17) is 0 Å². The number of rotatable bonds is 2. The largest absolute Gasteiger partial charge is 0.355 e. The first-order valence-electron chi connectivity index (χ1n) is 6.92. The first-order chi connectivity index (χ1) is 8.45. The Morgan fingerprint density at radius 2 is 1.82 bits per heavy atom. The third kappa shape index (κ3) is 2.32. The average Bonchev–Trinajstić information content (AvgIpc) is 2.94. The summed E-state index contributed by atoms with van der Waals surface area (Å²) >= 11 is 0. The fraction of sp³-hybridized carbons (Fsp3) is 0.600. The Hall–Kier alpha value is -1.02. The van der Waals surface area contributed by atoms with Gasteiger partial charge in [0.15, 0.2) is 0 Å². The summed E-state index contributed by atoms with van der Waals surface area (Å²) in [5, 5.41) is 0. The Morgan fingerprint density at radius 1 is 1.00 bits per heavy atom. The molecule has 0 amide bonds. The lowest BCUT2D eigenvalue weighted by molar-refractivity contribution is 0.201. The second-order valence-corrected chi connectivity index (χ2v) is 5.16. The number of piperidine rings is 1. The van der Waals surface area contributed by atoms with Crippen LogP contribution in [0.2, 0.25) is 0 Å². The third-order valence-electron chi connectivity index (χ3n) is 4.04. The molecule has 2 saturated heterocycles. The van der Waals surface area contributed by atoms with Crippen LogP contribution in [0.5, 0.6) is 0 Å². The predicted molar refractivity (Wildman–Crippen MR) is 71.1 cm³/mol. The maximum Gasteiger partial charge on any atom is 0.0820 e. The van der Waals surface area contributed by atoms with Gasteiger partial charge in [0.2, 0.25) is 0 Å². The minimum atomic E-state index is 0.630. The fourth-order valence-corrected chi connectivity index (χ4v) is 3.18. The van der Waals surface area contributed by atoms with Crippen molar-refractivity contribution in [1.82, 2.24) is 4.90 Å². The standard InChI is InChI=1S/C15H21N2/c1-2-8-14(9-3-1)17-13-5-4-10-15(17)16-11-6-7-12-16/h1-3,8,15H,4-7,10-13H2. The zero-order valence-electron chi connectivity index (χ0n) is 10.4. The van der Waals surface area contributed by atoms with Crippen LogP contribution in [0.25, 0.3) is 0 Å². The molecule has 0 aromatic heterocycles. The molecule has 2 heteroatoms. The molecule has 2 aliphatic rings. The van der Waals surface area contributed by atoms with E-state index < -0.39 is 0 Å². The Kier molecular flexibility index (Phi) is 3.32. The lowest BCUT2D eigenvalue weighted by atomic mass is 10.1. The molecule has 1 unspecified atom stereocenters. The van der Waals surface area contributed by atoms with E-state index in [1.165, 1.54) is 57.4 Å². The van der Waals surface area contributed by atoms with E-state index in [1.807, 2.05) is 6.07 Å². The van der Waals surface area contributed by atoms with Crippen LogP contribution in [0, 0.1) is 6.07 Å². The lowest BCUT2D eigenvalue weighted by Crippen LogP contribution is -2.50. The molecule has 2 fully saturated rings. The maximum absolute atomic E-state index is 3.39. The number of para-hydroxylation sites is 1. The molecule has 0 bridgehead atoms. The van der Waals surface area contributed by atoms with Crippen LogP contribution < -0.4 is 4.90 Å². The number of anilines is 1. The molecule has 1 atom stereocenters. The summed E-state index contributed by atoms with van der Waals surface area (Å²) in [5.74, 6) is 0. The van der Waals surface area contributed by atoms with Crippen molar-refractivity contribution < 1.29 is 0 Å². The van der Waals surface area contributed by atoms with Gasteiger partial charge in [-0.2, -0.15) is 0 Å². The van der Waals surface area contributed by atoms with Gasteiger partial charge in [0, 0.05) is 31.4 Å². The van der Waals surface area contributed by atoms with Crippen LogP contribution in [-0.4, -0.2) is 30.7 Å². The van der Waals surface area contributed by atoms with E-state index in [9.17, 15) is 0 Å². The van der Waals surface area contributed by atoms with Gasteiger partial charge in [-0.1, -0.05) is 18.2 Å². The monoisotopic (exact) mass is 229 g/mol. The summed E-state index contributed by atoms with van der Waals surface area (Å²) in [7, 11) is 0. The molecular weight excluding hydrogens is 208 g/mol. The molecule has 1 aromatic carbocycles. The van der Waals surface area contributed by atoms with Crippen molar-refractivity contribution in [2.75, 3.05) is 24.5 Å². The first kappa shape index (κ1) is 11.1. The van der Waals surface area contributed by atoms with E-state index in [0.717, 1.165) is 0 Å². The summed E-state index contributed by atoms with van der Waals surface area (Å²) in [6, 6.07) is 11.8. The van der Waals surface area contributed by atoms with E-state index >= 15 is 0 Å². The lowest BCUT2D eigenvalue weighted by Gasteiger charge is -2.42. The number of hydrogen-bond acceptors (Lipinski definition) is 2. The highest BCUT2D eigenvalue weighted by molar-refractivity contribution is 5.46. The van der Waals surface area contributed by atoms with Gasteiger partial charge in [0.25, 0.3) is 0 Å². The van der Waals surface area contributed by atoms with Gasteiger partial charge < -0.3 is 4.90 Å². The summed E-state index contributed by atoms with van der Waals surface area (Å²) < 4.78 is 0. The normalized spacial score (nSPS) is 26.4. The minimum absolute atomic E-state index is 0.630. The summed E-state index contributed by atoms with van der Waals surface area (Å²) in [6.07, 6.45) is 7.41. The highest BCUT2D eigenvalue weighted by atomic mass is 15.4. The fourth-order valence-electron chi connectivity index (χ4n) is 3.18. The van der Waals surface area contributed by atoms with E-state index in [2.05, 4.69) is 34.1 Å². The Balaban J connectivity index is 1.80. The van der Waals surface area contributed by atoms with Crippen LogP contribution in [0.15, 0.2) is 24.3 Å². The SMILES string of the molecule is [c]1ccccc1N1CCCCC1N1CCCC1. The van der Waals surface area contributed by atoms with Gasteiger partial charge in [-0.25, -0.2) is 0 Å². The minimum Gasteiger partial charge on any atom is -0.355 e. The smallest absolute Gasteiger partial charge is 0.0820 e. The third-order valence-corrected chi connectivity index (χ3v) is 4.04. The van der Waals surface area contributed by atoms with Crippen molar-refractivity contribution in [2.45, 2.75) is 38.3 Å². The van der Waals surface area contributed by atoms with Crippen molar-refractivity contribution in [3.05, 3.63) is 30.3 Å². The van der Waals surface area contributed by atoms with Gasteiger partial charge in [0.1, 0.15) is 0 Å². The zero-order valence-corrected chi connectivity index (χ0v) is 10.4. The van der Waals surface area contributed by atoms with Crippen LogP contribution in [0.3, 0.4) is 0 Å². The number of benzene rings is 1. The van der Waals surface area contributed by atoms with Crippen molar-refractivity contribution in [3.63, 3.8) is 0 Å². The van der Waals surface area contributed by atoms with Crippen LogP contribution in [-0.2, 0) is 0 Å². The average molecular weight is 229 g/mol. The zero-order chi connectivity index (χ0) is 11.5. The molecule has 17 heavy (non-hydrogen) atoms. The molecule has 0 N–H and O–H groups in total. The highest BCUT2D eigenvalue weighted by Crippen LogP contribution is 2.28. The van der Waals surface area contributed by atoms with Gasteiger partial charge in [-0.15, -0.1) is 0 Å². The molecule has 0 aliphatic carbocycles. The molecule has 2 aliphatic heterocycles. The van der Waals surface area contributed by atoms with Crippen molar-refractivity contribution in [1.29, 1.82) is 0 Å². The maximum atomic E-state index is 3.39. The Labute approximate surface area is 104 Å². The van der Waals surface area contributed by atoms with Gasteiger partial charge in [-0.05, 0) is 38.2 Å². The van der Waals surface area contributed by atoms with Crippen molar-refractivity contribution in [2.24, 2.45) is 0 Å². The molecule has 1 aromatic rings. The quantitative estimate of drug-likeness (QED) is 0.769. The first-order valence-corrected chi connectivity index (χ1v) is 6.92. The summed E-state index contributed by atoms with van der Waals surface area (Å²) in [4.78, 5) is 5.23. The summed E-state index contributed by atoms with van der Waals surface area (Å²) in [5.41, 5.74) is 1.28. The van der Waals surface area contributed by atoms with Crippen molar-refractivity contribution in [3.8, 4) is 0 Å². The van der Waals surface area contributed by atoms with E-state index in [-0.39, 0.29) is 0 Å². The molecule has 0 spiro atoms. The van der Waals surface area contributed by atoms with Gasteiger partial charge in [0.05, 0.1) is 6.17 Å². The molecule has 1 radical (unpaired) electrons. The topological polar surface area (TPSA) is 6.48 Å². The van der Waals surface area contributed by atoms with E-state index in [0.29, 0.717) is 6.17 Å². The van der Waals surface area contributed by atoms with Gasteiger partial charge in [-0.3, -0.25) is 4.90 Å². The second-order valence-electron chi connectivity index (χ2n) is 5.16. The van der Waals surface area contributed by atoms with E-state index in [1.54, 1.807) is 0 Å². The molecular formula is C15H21N2.